The summed E-state index contributed by atoms with van der Waals surface area (Å²) in [5, 5.41) is 3.48. The van der Waals surface area contributed by atoms with Crippen molar-refractivity contribution >= 4 is 0 Å². The van der Waals surface area contributed by atoms with E-state index < -0.39 is 0 Å². The molecule has 2 atom stereocenters. The molecule has 0 amide bonds. The number of methoxy groups -OCH3 is 1. The van der Waals surface area contributed by atoms with Crippen molar-refractivity contribution in [3.8, 4) is 0 Å². The molecule has 0 aromatic rings. The fraction of sp³-hybridized carbons (Fsp3) is 1.00. The van der Waals surface area contributed by atoms with Crippen LogP contribution in [0.25, 0.3) is 0 Å². The number of ether oxygens (including phenoxy) is 1. The lowest BCUT2D eigenvalue weighted by molar-refractivity contribution is 0.150. The third kappa shape index (κ3) is 7.77. The van der Waals surface area contributed by atoms with Gasteiger partial charge in [-0.25, -0.2) is 0 Å². The molecule has 0 saturated carbocycles. The molecule has 0 fully saturated rings. The summed E-state index contributed by atoms with van der Waals surface area (Å²) in [6.07, 6.45) is 1.09. The van der Waals surface area contributed by atoms with Crippen molar-refractivity contribution in [2.45, 2.75) is 40.2 Å². The molecule has 0 radical (unpaired) electrons. The van der Waals surface area contributed by atoms with Gasteiger partial charge in [0.25, 0.3) is 0 Å². The van der Waals surface area contributed by atoms with Crippen molar-refractivity contribution in [1.82, 2.24) is 5.32 Å². The first kappa shape index (κ1) is 14.9. The average molecular weight is 216 g/mol. The zero-order chi connectivity index (χ0) is 11.9. The van der Waals surface area contributed by atoms with Gasteiger partial charge in [-0.15, -0.1) is 0 Å². The molecule has 15 heavy (non-hydrogen) atoms. The highest BCUT2D eigenvalue weighted by Crippen LogP contribution is 2.18. The van der Waals surface area contributed by atoms with Gasteiger partial charge >= 0.3 is 0 Å². The number of rotatable bonds is 8. The van der Waals surface area contributed by atoms with Crippen LogP contribution in [0, 0.1) is 11.3 Å². The summed E-state index contributed by atoms with van der Waals surface area (Å²) in [5.41, 5.74) is 6.11. The van der Waals surface area contributed by atoms with Crippen molar-refractivity contribution in [3.63, 3.8) is 0 Å². The molecule has 0 aromatic carbocycles. The number of nitrogens with two attached hydrogens (primary N) is 1. The molecule has 3 heteroatoms. The summed E-state index contributed by atoms with van der Waals surface area (Å²) < 4.78 is 5.10. The van der Waals surface area contributed by atoms with E-state index in [0.717, 1.165) is 26.1 Å². The third-order valence-corrected chi connectivity index (χ3v) is 2.95. The van der Waals surface area contributed by atoms with Crippen LogP contribution in [0.1, 0.15) is 34.1 Å². The molecule has 2 unspecified atom stereocenters. The Morgan fingerprint density at radius 3 is 2.40 bits per heavy atom. The van der Waals surface area contributed by atoms with E-state index in [1.807, 2.05) is 0 Å². The second-order valence-corrected chi connectivity index (χ2v) is 5.37. The van der Waals surface area contributed by atoms with Crippen LogP contribution in [0.2, 0.25) is 0 Å². The fourth-order valence-corrected chi connectivity index (χ4v) is 1.29. The zero-order valence-electron chi connectivity index (χ0n) is 11.0. The number of nitrogens with one attached hydrogen (secondary N) is 1. The van der Waals surface area contributed by atoms with Crippen LogP contribution in [0.5, 0.6) is 0 Å². The third-order valence-electron chi connectivity index (χ3n) is 2.95. The Bertz CT molecular complexity index is 158. The van der Waals surface area contributed by atoms with Crippen molar-refractivity contribution in [1.29, 1.82) is 0 Å². The molecule has 0 spiro atoms. The molecular formula is C12H28N2O. The molecule has 0 rings (SSSR count). The second kappa shape index (κ2) is 7.20. The average Bonchev–Trinajstić information content (AvgIpc) is 2.14. The van der Waals surface area contributed by atoms with E-state index in [1.165, 1.54) is 0 Å². The molecular weight excluding hydrogens is 188 g/mol. The molecule has 92 valence electrons. The monoisotopic (exact) mass is 216 g/mol. The maximum atomic E-state index is 5.81. The van der Waals surface area contributed by atoms with Gasteiger partial charge in [-0.2, -0.15) is 0 Å². The van der Waals surface area contributed by atoms with Gasteiger partial charge in [0.1, 0.15) is 0 Å². The highest BCUT2D eigenvalue weighted by Gasteiger charge is 2.17. The topological polar surface area (TPSA) is 47.3 Å². The van der Waals surface area contributed by atoms with Crippen LogP contribution in [-0.4, -0.2) is 32.8 Å². The first-order valence-electron chi connectivity index (χ1n) is 5.84. The molecule has 0 saturated heterocycles. The minimum absolute atomic E-state index is 0.264. The van der Waals surface area contributed by atoms with E-state index in [1.54, 1.807) is 7.11 Å². The molecule has 0 aliphatic rings. The fourth-order valence-electron chi connectivity index (χ4n) is 1.29. The van der Waals surface area contributed by atoms with Gasteiger partial charge in [0.15, 0.2) is 0 Å². The Morgan fingerprint density at radius 1 is 1.33 bits per heavy atom. The molecule has 0 aromatic heterocycles. The summed E-state index contributed by atoms with van der Waals surface area (Å²) in [6.45, 7) is 11.6. The Labute approximate surface area is 94.8 Å². The lowest BCUT2D eigenvalue weighted by atomic mass is 9.89. The maximum absolute atomic E-state index is 5.81. The van der Waals surface area contributed by atoms with Gasteiger partial charge in [-0.1, -0.05) is 20.8 Å². The van der Waals surface area contributed by atoms with Crippen LogP contribution in [-0.2, 0) is 4.74 Å². The van der Waals surface area contributed by atoms with Crippen molar-refractivity contribution < 1.29 is 4.74 Å². The maximum Gasteiger partial charge on any atom is 0.0467 e. The highest BCUT2D eigenvalue weighted by molar-refractivity contribution is 4.73. The van der Waals surface area contributed by atoms with Gasteiger partial charge in [-0.3, -0.25) is 0 Å². The largest absolute Gasteiger partial charge is 0.385 e. The second-order valence-electron chi connectivity index (χ2n) is 5.37. The van der Waals surface area contributed by atoms with E-state index >= 15 is 0 Å². The number of hydrogen-bond acceptors (Lipinski definition) is 3. The molecule has 3 N–H and O–H groups in total. The van der Waals surface area contributed by atoms with Gasteiger partial charge in [-0.05, 0) is 31.2 Å². The molecule has 0 aliphatic heterocycles. The zero-order valence-corrected chi connectivity index (χ0v) is 11.0. The molecule has 0 aliphatic carbocycles. The van der Waals surface area contributed by atoms with Crippen LogP contribution in [0.4, 0.5) is 0 Å². The van der Waals surface area contributed by atoms with Gasteiger partial charge < -0.3 is 15.8 Å². The SMILES string of the molecule is COCCC(C)(C)CNCC(C)C(C)N. The van der Waals surface area contributed by atoms with Crippen LogP contribution in [0.3, 0.4) is 0 Å². The lowest BCUT2D eigenvalue weighted by Crippen LogP contribution is -2.37. The Morgan fingerprint density at radius 2 is 1.93 bits per heavy atom. The summed E-state index contributed by atoms with van der Waals surface area (Å²) in [4.78, 5) is 0. The number of hydrogen-bond donors (Lipinski definition) is 2. The predicted molar refractivity (Wildman–Crippen MR) is 66.0 cm³/mol. The minimum atomic E-state index is 0.264. The normalized spacial score (nSPS) is 16.4. The van der Waals surface area contributed by atoms with Crippen LogP contribution in [0.15, 0.2) is 0 Å². The van der Waals surface area contributed by atoms with Gasteiger partial charge in [0, 0.05) is 26.3 Å². The standard InChI is InChI=1S/C12H28N2O/c1-10(11(2)13)8-14-9-12(3,4)6-7-15-5/h10-11,14H,6-9,13H2,1-5H3. The van der Waals surface area contributed by atoms with E-state index in [-0.39, 0.29) is 6.04 Å². The Kier molecular flexibility index (Phi) is 7.14. The summed E-state index contributed by atoms with van der Waals surface area (Å²) in [6, 6.07) is 0.264. The van der Waals surface area contributed by atoms with E-state index in [4.69, 9.17) is 10.5 Å². The Balaban J connectivity index is 3.64. The smallest absolute Gasteiger partial charge is 0.0467 e. The summed E-state index contributed by atoms with van der Waals surface area (Å²) in [5.74, 6) is 0.531. The van der Waals surface area contributed by atoms with Crippen molar-refractivity contribution in [3.05, 3.63) is 0 Å². The lowest BCUT2D eigenvalue weighted by Gasteiger charge is -2.26. The molecule has 3 nitrogen and oxygen atoms in total. The first-order chi connectivity index (χ1) is 6.89. The van der Waals surface area contributed by atoms with Crippen LogP contribution >= 0.6 is 0 Å². The Hall–Kier alpha value is -0.120. The quantitative estimate of drug-likeness (QED) is 0.648. The van der Waals surface area contributed by atoms with Crippen LogP contribution < -0.4 is 11.1 Å². The van der Waals surface area contributed by atoms with E-state index in [0.29, 0.717) is 11.3 Å². The van der Waals surface area contributed by atoms with Gasteiger partial charge in [0.05, 0.1) is 0 Å². The van der Waals surface area contributed by atoms with Gasteiger partial charge in [0.2, 0.25) is 0 Å². The predicted octanol–water partition coefficient (Wildman–Crippen LogP) is 1.62. The first-order valence-corrected chi connectivity index (χ1v) is 5.84. The van der Waals surface area contributed by atoms with E-state index in [2.05, 4.69) is 33.0 Å². The van der Waals surface area contributed by atoms with E-state index in [9.17, 15) is 0 Å². The van der Waals surface area contributed by atoms with Crippen molar-refractivity contribution in [2.24, 2.45) is 17.1 Å². The highest BCUT2D eigenvalue weighted by atomic mass is 16.5. The van der Waals surface area contributed by atoms with Crippen molar-refractivity contribution in [2.75, 3.05) is 26.8 Å². The summed E-state index contributed by atoms with van der Waals surface area (Å²) >= 11 is 0. The molecule has 0 heterocycles. The molecule has 0 bridgehead atoms. The summed E-state index contributed by atoms with van der Waals surface area (Å²) in [7, 11) is 1.75. The minimum Gasteiger partial charge on any atom is -0.385 e.